The third-order valence-corrected chi connectivity index (χ3v) is 4.47. The van der Waals surface area contributed by atoms with Crippen LogP contribution in [0.2, 0.25) is 0 Å². The van der Waals surface area contributed by atoms with Crippen LogP contribution >= 0.6 is 12.2 Å². The predicted octanol–water partition coefficient (Wildman–Crippen LogP) is 3.70. The number of likely N-dealkylation sites (tertiary alicyclic amines) is 1. The monoisotopic (exact) mass is 379 g/mol. The highest BCUT2D eigenvalue weighted by Crippen LogP contribution is 2.26. The third-order valence-electron chi connectivity index (χ3n) is 4.26. The molecule has 1 aliphatic heterocycles. The molecule has 0 saturated carbocycles. The topological polar surface area (TPSA) is 78.2 Å². The van der Waals surface area contributed by atoms with Gasteiger partial charge in [0.25, 0.3) is 5.91 Å². The van der Waals surface area contributed by atoms with E-state index in [1.807, 2.05) is 0 Å². The molecule has 2 heterocycles. The summed E-state index contributed by atoms with van der Waals surface area (Å²) in [6, 6.07) is 1.78. The third kappa shape index (κ3) is 3.80. The summed E-state index contributed by atoms with van der Waals surface area (Å²) in [5, 5.41) is 0. The average molecular weight is 379 g/mol. The number of amides is 1. The minimum atomic E-state index is -0.671. The van der Waals surface area contributed by atoms with Crippen LogP contribution in [0.3, 0.4) is 0 Å². The van der Waals surface area contributed by atoms with Crippen LogP contribution in [-0.4, -0.2) is 44.9 Å². The summed E-state index contributed by atoms with van der Waals surface area (Å²) in [5.74, 6) is -1.38. The van der Waals surface area contributed by atoms with Crippen molar-refractivity contribution in [2.75, 3.05) is 6.54 Å². The number of H-pyrrole nitrogens is 2. The lowest BCUT2D eigenvalue weighted by Crippen LogP contribution is -2.50. The summed E-state index contributed by atoms with van der Waals surface area (Å²) in [7, 11) is 0. The number of nitrogens with zero attached hydrogens (tertiary/aromatic N) is 1. The molecule has 1 saturated heterocycles. The Morgan fingerprint density at radius 3 is 2.69 bits per heavy atom. The Hall–Kier alpha value is -2.22. The lowest BCUT2D eigenvalue weighted by Gasteiger charge is -2.35. The number of fused-ring (bicyclic) bond motifs is 1. The standard InChI is InChI=1S/C18H22FN3O3S/c1-18(2,3)25-16(24)13-6-4-5-7-22(13)15(23)11-8-10(19)9-12-14(11)21-17(26)20-12/h8-9,13H,4-7H2,1-3H3,(H2,20,21,26)/t13-/m0/s1. The molecule has 0 spiro atoms. The van der Waals surface area contributed by atoms with Gasteiger partial charge in [0.2, 0.25) is 0 Å². The molecule has 1 aliphatic rings. The van der Waals surface area contributed by atoms with Crippen molar-refractivity contribution < 1.29 is 18.7 Å². The van der Waals surface area contributed by atoms with Crippen LogP contribution in [0, 0.1) is 10.6 Å². The summed E-state index contributed by atoms with van der Waals surface area (Å²) in [6.07, 6.45) is 2.15. The Bertz CT molecular complexity index is 913. The number of piperidine rings is 1. The quantitative estimate of drug-likeness (QED) is 0.616. The molecule has 26 heavy (non-hydrogen) atoms. The molecule has 0 radical (unpaired) electrons. The van der Waals surface area contributed by atoms with Crippen molar-refractivity contribution in [3.63, 3.8) is 0 Å². The minimum absolute atomic E-state index is 0.155. The van der Waals surface area contributed by atoms with Gasteiger partial charge in [0, 0.05) is 6.54 Å². The van der Waals surface area contributed by atoms with E-state index in [2.05, 4.69) is 9.97 Å². The van der Waals surface area contributed by atoms with E-state index < -0.39 is 29.3 Å². The van der Waals surface area contributed by atoms with Crippen LogP contribution in [0.5, 0.6) is 0 Å². The van der Waals surface area contributed by atoms with Gasteiger partial charge >= 0.3 is 5.97 Å². The first-order chi connectivity index (χ1) is 12.2. The minimum Gasteiger partial charge on any atom is -0.458 e. The van der Waals surface area contributed by atoms with Crippen LogP contribution in [0.25, 0.3) is 11.0 Å². The van der Waals surface area contributed by atoms with Gasteiger partial charge in [-0.15, -0.1) is 0 Å². The van der Waals surface area contributed by atoms with E-state index in [1.54, 1.807) is 20.8 Å². The Balaban J connectivity index is 1.97. The molecular weight excluding hydrogens is 357 g/mol. The number of nitrogens with one attached hydrogen (secondary N) is 2. The number of hydrogen-bond donors (Lipinski definition) is 2. The molecule has 1 atom stereocenters. The number of aromatic amines is 2. The second kappa shape index (κ2) is 6.83. The van der Waals surface area contributed by atoms with E-state index in [4.69, 9.17) is 17.0 Å². The van der Waals surface area contributed by atoms with Crippen molar-refractivity contribution in [2.24, 2.45) is 0 Å². The number of carbonyl (C=O) groups excluding carboxylic acids is 2. The maximum Gasteiger partial charge on any atom is 0.329 e. The zero-order valence-corrected chi connectivity index (χ0v) is 15.8. The summed E-state index contributed by atoms with van der Waals surface area (Å²) in [4.78, 5) is 32.9. The molecule has 2 N–H and O–H groups in total. The van der Waals surface area contributed by atoms with Gasteiger partial charge in [-0.3, -0.25) is 4.79 Å². The number of benzene rings is 1. The molecule has 0 bridgehead atoms. The average Bonchev–Trinajstić information content (AvgIpc) is 2.91. The molecule has 8 heteroatoms. The highest BCUT2D eigenvalue weighted by molar-refractivity contribution is 7.71. The van der Waals surface area contributed by atoms with Gasteiger partial charge in [-0.1, -0.05) is 0 Å². The highest BCUT2D eigenvalue weighted by Gasteiger charge is 2.36. The van der Waals surface area contributed by atoms with E-state index in [0.717, 1.165) is 12.8 Å². The Labute approximate surface area is 155 Å². The highest BCUT2D eigenvalue weighted by atomic mass is 32.1. The van der Waals surface area contributed by atoms with E-state index in [0.29, 0.717) is 28.8 Å². The van der Waals surface area contributed by atoms with Gasteiger partial charge < -0.3 is 19.6 Å². The van der Waals surface area contributed by atoms with Crippen molar-refractivity contribution in [2.45, 2.75) is 51.7 Å². The van der Waals surface area contributed by atoms with Crippen LogP contribution in [0.1, 0.15) is 50.4 Å². The molecule has 6 nitrogen and oxygen atoms in total. The largest absolute Gasteiger partial charge is 0.458 e. The first kappa shape index (κ1) is 18.6. The number of aromatic nitrogens is 2. The fourth-order valence-corrected chi connectivity index (χ4v) is 3.43. The summed E-state index contributed by atoms with van der Waals surface area (Å²) in [6.45, 7) is 5.79. The lowest BCUT2D eigenvalue weighted by atomic mass is 10.00. The van der Waals surface area contributed by atoms with E-state index in [9.17, 15) is 14.0 Å². The Morgan fingerprint density at radius 1 is 1.27 bits per heavy atom. The number of rotatable bonds is 2. The van der Waals surface area contributed by atoms with Crippen LogP contribution in [0.4, 0.5) is 4.39 Å². The fourth-order valence-electron chi connectivity index (χ4n) is 3.22. The second-order valence-electron chi connectivity index (χ2n) is 7.50. The molecule has 1 fully saturated rings. The van der Waals surface area contributed by atoms with E-state index in [-0.39, 0.29) is 5.56 Å². The number of esters is 1. The maximum atomic E-state index is 14.0. The van der Waals surface area contributed by atoms with E-state index in [1.165, 1.54) is 17.0 Å². The first-order valence-electron chi connectivity index (χ1n) is 8.61. The lowest BCUT2D eigenvalue weighted by molar-refractivity contribution is -0.161. The molecule has 3 rings (SSSR count). The Morgan fingerprint density at radius 2 is 2.00 bits per heavy atom. The predicted molar refractivity (Wildman–Crippen MR) is 98.0 cm³/mol. The van der Waals surface area contributed by atoms with Crippen LogP contribution in [-0.2, 0) is 9.53 Å². The number of carbonyl (C=O) groups is 2. The van der Waals surface area contributed by atoms with Crippen molar-refractivity contribution >= 4 is 35.1 Å². The van der Waals surface area contributed by atoms with E-state index >= 15 is 0 Å². The summed E-state index contributed by atoms with van der Waals surface area (Å²) >= 11 is 5.05. The Kier molecular flexibility index (Phi) is 4.88. The summed E-state index contributed by atoms with van der Waals surface area (Å²) in [5.41, 5.74) is 0.378. The SMILES string of the molecule is CC(C)(C)OC(=O)[C@@H]1CCCCN1C(=O)c1cc(F)cc2[nH]c(=S)[nH]c12. The molecular formula is C18H22FN3O3S. The van der Waals surface area contributed by atoms with Gasteiger partial charge in [-0.05, 0) is 64.4 Å². The molecule has 0 unspecified atom stereocenters. The molecule has 140 valence electrons. The molecule has 2 aromatic rings. The van der Waals surface area contributed by atoms with Gasteiger partial charge in [0.05, 0.1) is 16.6 Å². The maximum absolute atomic E-state index is 14.0. The van der Waals surface area contributed by atoms with Crippen LogP contribution in [0.15, 0.2) is 12.1 Å². The first-order valence-corrected chi connectivity index (χ1v) is 9.02. The van der Waals surface area contributed by atoms with Crippen LogP contribution < -0.4 is 0 Å². The van der Waals surface area contributed by atoms with Gasteiger partial charge in [-0.25, -0.2) is 9.18 Å². The van der Waals surface area contributed by atoms with Gasteiger partial charge in [-0.2, -0.15) is 0 Å². The number of ether oxygens (including phenoxy) is 1. The molecule has 1 aromatic heterocycles. The van der Waals surface area contributed by atoms with Crippen molar-refractivity contribution in [1.29, 1.82) is 0 Å². The number of hydrogen-bond acceptors (Lipinski definition) is 4. The normalized spacial score (nSPS) is 18.2. The molecule has 0 aliphatic carbocycles. The van der Waals surface area contributed by atoms with Gasteiger partial charge in [0.1, 0.15) is 17.5 Å². The zero-order chi connectivity index (χ0) is 19.1. The van der Waals surface area contributed by atoms with Crippen molar-refractivity contribution in [3.8, 4) is 0 Å². The number of halogens is 1. The molecule has 1 aromatic carbocycles. The fraction of sp³-hybridized carbons (Fsp3) is 0.500. The second-order valence-corrected chi connectivity index (χ2v) is 7.91. The zero-order valence-electron chi connectivity index (χ0n) is 15.0. The summed E-state index contributed by atoms with van der Waals surface area (Å²) < 4.78 is 19.8. The smallest absolute Gasteiger partial charge is 0.329 e. The molecule has 1 amide bonds. The van der Waals surface area contributed by atoms with Crippen molar-refractivity contribution in [3.05, 3.63) is 28.3 Å². The van der Waals surface area contributed by atoms with Gasteiger partial charge in [0.15, 0.2) is 4.77 Å². The number of imidazole rings is 1. The van der Waals surface area contributed by atoms with Crippen molar-refractivity contribution in [1.82, 2.24) is 14.9 Å².